The van der Waals surface area contributed by atoms with Crippen molar-refractivity contribution in [2.75, 3.05) is 13.7 Å². The zero-order valence-electron chi connectivity index (χ0n) is 13.3. The predicted molar refractivity (Wildman–Crippen MR) is 92.6 cm³/mol. The molecular weight excluding hydrogens is 336 g/mol. The summed E-state index contributed by atoms with van der Waals surface area (Å²) in [4.78, 5) is 0.347. The zero-order valence-corrected chi connectivity index (χ0v) is 15.0. The van der Waals surface area contributed by atoms with Crippen LogP contribution >= 0.6 is 12.4 Å². The number of ether oxygens (including phenoxy) is 1. The average molecular weight is 361 g/mol. The number of hydrogen-bond acceptors (Lipinski definition) is 4. The van der Waals surface area contributed by atoms with Gasteiger partial charge in [0.05, 0.1) is 11.5 Å². The number of halogens is 1. The van der Waals surface area contributed by atoms with Gasteiger partial charge in [-0.25, -0.2) is 13.1 Å². The molecule has 0 spiro atoms. The molecule has 2 saturated heterocycles. The van der Waals surface area contributed by atoms with Crippen molar-refractivity contribution in [3.8, 4) is 0 Å². The van der Waals surface area contributed by atoms with Gasteiger partial charge >= 0.3 is 0 Å². The lowest BCUT2D eigenvalue weighted by Crippen LogP contribution is -2.47. The summed E-state index contributed by atoms with van der Waals surface area (Å²) < 4.78 is 32.9. The topological polar surface area (TPSA) is 67.4 Å². The largest absolute Gasteiger partial charge is 0.384 e. The number of methoxy groups -OCH3 is 1. The molecule has 130 valence electrons. The van der Waals surface area contributed by atoms with E-state index in [1.165, 1.54) is 0 Å². The molecule has 2 aliphatic rings. The smallest absolute Gasteiger partial charge is 0.240 e. The molecule has 1 aromatic rings. The lowest BCUT2D eigenvalue weighted by Gasteiger charge is -2.29. The minimum atomic E-state index is -3.43. The van der Waals surface area contributed by atoms with Gasteiger partial charge in [0.25, 0.3) is 0 Å². The molecule has 3 rings (SSSR count). The van der Waals surface area contributed by atoms with Crippen molar-refractivity contribution in [3.63, 3.8) is 0 Å². The molecule has 2 N–H and O–H groups in total. The van der Waals surface area contributed by atoms with Crippen LogP contribution in [0.15, 0.2) is 29.2 Å². The Bertz CT molecular complexity index is 594. The lowest BCUT2D eigenvalue weighted by molar-refractivity contribution is 0.202. The molecule has 2 bridgehead atoms. The summed E-state index contributed by atoms with van der Waals surface area (Å²) in [7, 11) is -1.76. The maximum Gasteiger partial charge on any atom is 0.240 e. The van der Waals surface area contributed by atoms with Gasteiger partial charge in [-0.05, 0) is 49.8 Å². The van der Waals surface area contributed by atoms with Gasteiger partial charge in [0.15, 0.2) is 0 Å². The first kappa shape index (κ1) is 18.7. The van der Waals surface area contributed by atoms with Gasteiger partial charge < -0.3 is 10.1 Å². The van der Waals surface area contributed by atoms with Crippen LogP contribution in [0, 0.1) is 0 Å². The maximum absolute atomic E-state index is 12.5. The third kappa shape index (κ3) is 4.67. The molecule has 2 aliphatic heterocycles. The van der Waals surface area contributed by atoms with Crippen LogP contribution in [0.4, 0.5) is 0 Å². The fourth-order valence-corrected chi connectivity index (χ4v) is 4.76. The summed E-state index contributed by atoms with van der Waals surface area (Å²) in [6, 6.07) is 8.09. The fourth-order valence-electron chi connectivity index (χ4n) is 3.50. The summed E-state index contributed by atoms with van der Waals surface area (Å²) in [6.07, 6.45) is 4.90. The van der Waals surface area contributed by atoms with Crippen LogP contribution < -0.4 is 10.0 Å². The Kier molecular flexibility index (Phi) is 6.45. The van der Waals surface area contributed by atoms with Crippen molar-refractivity contribution in [1.82, 2.24) is 10.0 Å². The molecule has 0 aromatic heterocycles. The predicted octanol–water partition coefficient (Wildman–Crippen LogP) is 1.86. The third-order valence-electron chi connectivity index (χ3n) is 4.62. The molecule has 0 amide bonds. The number of benzene rings is 1. The Morgan fingerprint density at radius 2 is 1.78 bits per heavy atom. The molecule has 7 heteroatoms. The highest BCUT2D eigenvalue weighted by Crippen LogP contribution is 2.27. The van der Waals surface area contributed by atoms with Crippen LogP contribution in [0.25, 0.3) is 0 Å². The van der Waals surface area contributed by atoms with Crippen LogP contribution in [0.1, 0.15) is 31.2 Å². The Labute approximate surface area is 144 Å². The highest BCUT2D eigenvalue weighted by Gasteiger charge is 2.35. The monoisotopic (exact) mass is 360 g/mol. The molecule has 23 heavy (non-hydrogen) atoms. The summed E-state index contributed by atoms with van der Waals surface area (Å²) in [5.41, 5.74) is 1.08. The first-order chi connectivity index (χ1) is 10.6. The van der Waals surface area contributed by atoms with Gasteiger partial charge in [-0.1, -0.05) is 12.1 Å². The normalized spacial score (nSPS) is 26.7. The van der Waals surface area contributed by atoms with Crippen LogP contribution in [0.5, 0.6) is 0 Å². The van der Waals surface area contributed by atoms with E-state index in [0.29, 0.717) is 23.6 Å². The van der Waals surface area contributed by atoms with Crippen LogP contribution in [0.3, 0.4) is 0 Å². The second-order valence-corrected chi connectivity index (χ2v) is 8.03. The second-order valence-electron chi connectivity index (χ2n) is 6.31. The van der Waals surface area contributed by atoms with Gasteiger partial charge in [-0.15, -0.1) is 12.4 Å². The molecule has 0 radical (unpaired) electrons. The fraction of sp³-hybridized carbons (Fsp3) is 0.625. The molecule has 1 aromatic carbocycles. The van der Waals surface area contributed by atoms with Crippen molar-refractivity contribution in [1.29, 1.82) is 0 Å². The molecule has 2 heterocycles. The Morgan fingerprint density at radius 3 is 2.35 bits per heavy atom. The lowest BCUT2D eigenvalue weighted by atomic mass is 10.0. The van der Waals surface area contributed by atoms with E-state index in [2.05, 4.69) is 10.0 Å². The summed E-state index contributed by atoms with van der Waals surface area (Å²) in [6.45, 7) is 0.641. The van der Waals surface area contributed by atoms with E-state index in [0.717, 1.165) is 37.7 Å². The summed E-state index contributed by atoms with van der Waals surface area (Å²) in [5.74, 6) is 0. The van der Waals surface area contributed by atoms with E-state index in [4.69, 9.17) is 4.74 Å². The number of nitrogens with one attached hydrogen (secondary N) is 2. The number of hydrogen-bond donors (Lipinski definition) is 2. The molecule has 0 aliphatic carbocycles. The number of piperidine rings is 1. The third-order valence-corrected chi connectivity index (χ3v) is 6.16. The number of fused-ring (bicyclic) bond motifs is 2. The first-order valence-corrected chi connectivity index (χ1v) is 9.41. The van der Waals surface area contributed by atoms with E-state index < -0.39 is 10.0 Å². The van der Waals surface area contributed by atoms with Crippen molar-refractivity contribution in [2.45, 2.75) is 55.1 Å². The van der Waals surface area contributed by atoms with Gasteiger partial charge in [-0.3, -0.25) is 0 Å². The summed E-state index contributed by atoms with van der Waals surface area (Å²) >= 11 is 0. The second kappa shape index (κ2) is 7.94. The summed E-state index contributed by atoms with van der Waals surface area (Å²) in [5, 5.41) is 3.53. The quantitative estimate of drug-likeness (QED) is 0.812. The molecule has 0 saturated carbocycles. The van der Waals surface area contributed by atoms with Crippen LogP contribution in [0.2, 0.25) is 0 Å². The molecule has 2 fully saturated rings. The van der Waals surface area contributed by atoms with Gasteiger partial charge in [0.2, 0.25) is 10.0 Å². The van der Waals surface area contributed by atoms with Gasteiger partial charge in [0, 0.05) is 25.2 Å². The molecule has 2 unspecified atom stereocenters. The van der Waals surface area contributed by atoms with E-state index >= 15 is 0 Å². The van der Waals surface area contributed by atoms with Crippen molar-refractivity contribution >= 4 is 22.4 Å². The van der Waals surface area contributed by atoms with Crippen LogP contribution in [-0.2, 0) is 21.2 Å². The minimum Gasteiger partial charge on any atom is -0.384 e. The average Bonchev–Trinajstić information content (AvgIpc) is 2.84. The zero-order chi connectivity index (χ0) is 15.6. The Hall–Kier alpha value is -0.660. The Morgan fingerprint density at radius 1 is 1.17 bits per heavy atom. The first-order valence-electron chi connectivity index (χ1n) is 7.93. The van der Waals surface area contributed by atoms with Crippen molar-refractivity contribution < 1.29 is 13.2 Å². The highest BCUT2D eigenvalue weighted by atomic mass is 35.5. The molecule has 5 nitrogen and oxygen atoms in total. The van der Waals surface area contributed by atoms with Crippen molar-refractivity contribution in [3.05, 3.63) is 29.8 Å². The molecular formula is C16H25ClN2O3S. The Balaban J connectivity index is 0.00000192. The van der Waals surface area contributed by atoms with Crippen LogP contribution in [-0.4, -0.2) is 40.3 Å². The number of sulfonamides is 1. The van der Waals surface area contributed by atoms with Gasteiger partial charge in [-0.2, -0.15) is 0 Å². The van der Waals surface area contributed by atoms with Gasteiger partial charge in [0.1, 0.15) is 0 Å². The highest BCUT2D eigenvalue weighted by molar-refractivity contribution is 7.89. The number of rotatable bonds is 6. The van der Waals surface area contributed by atoms with E-state index in [-0.39, 0.29) is 18.4 Å². The van der Waals surface area contributed by atoms with E-state index in [1.54, 1.807) is 19.2 Å². The maximum atomic E-state index is 12.5. The SMILES string of the molecule is COCCc1ccc(S(=O)(=O)NC2CC3CCC(C2)N3)cc1.Cl. The molecule has 2 atom stereocenters. The van der Waals surface area contributed by atoms with Crippen molar-refractivity contribution in [2.24, 2.45) is 0 Å². The minimum absolute atomic E-state index is 0. The van der Waals surface area contributed by atoms with E-state index in [1.807, 2.05) is 12.1 Å². The standard InChI is InChI=1S/C16H24N2O3S.ClH/c1-21-9-8-12-2-6-16(7-3-12)22(19,20)18-15-10-13-4-5-14(11-15)17-13;/h2-3,6-7,13-15,17-18H,4-5,8-11H2,1H3;1H. The van der Waals surface area contributed by atoms with E-state index in [9.17, 15) is 8.42 Å².